The van der Waals surface area contributed by atoms with Gasteiger partial charge >= 0.3 is 17.1 Å². The van der Waals surface area contributed by atoms with E-state index in [0.717, 1.165) is 19.8 Å². The first-order valence-corrected chi connectivity index (χ1v) is 7.03. The summed E-state index contributed by atoms with van der Waals surface area (Å²) in [6.45, 7) is 17.9. The first-order valence-electron chi connectivity index (χ1n) is 7.03. The molecule has 1 aromatic rings. The van der Waals surface area contributed by atoms with Crippen LogP contribution < -0.4 is 17.1 Å². The maximum atomic E-state index is 10.2. The van der Waals surface area contributed by atoms with Gasteiger partial charge in [-0.3, -0.25) is 15.0 Å². The number of rotatable bonds is 6. The highest BCUT2D eigenvalue weighted by molar-refractivity contribution is 4.60. The molecule has 0 unspecified atom stereocenters. The number of aromatic nitrogens is 3. The molecule has 138 valence electrons. The van der Waals surface area contributed by atoms with Crippen molar-refractivity contribution in [3.8, 4) is 0 Å². The molecule has 3 N–H and O–H groups in total. The topological polar surface area (TPSA) is 126 Å². The van der Waals surface area contributed by atoms with Gasteiger partial charge in [-0.2, -0.15) is 0 Å². The molecule has 1 heterocycles. The Hall–Kier alpha value is -2.97. The highest BCUT2D eigenvalue weighted by atomic mass is 16.5. The van der Waals surface area contributed by atoms with Crippen molar-refractivity contribution in [1.82, 2.24) is 15.0 Å². The summed E-state index contributed by atoms with van der Waals surface area (Å²) in [7, 11) is 0. The predicted octanol–water partition coefficient (Wildman–Crippen LogP) is 1.25. The van der Waals surface area contributed by atoms with Gasteiger partial charge in [-0.25, -0.2) is 14.4 Å². The van der Waals surface area contributed by atoms with Gasteiger partial charge in [0.15, 0.2) is 0 Å². The minimum Gasteiger partial charge on any atom is -0.502 e. The molecule has 0 spiro atoms. The Balaban J connectivity index is -0.000000259. The Morgan fingerprint density at radius 1 is 0.667 bits per heavy atom. The lowest BCUT2D eigenvalue weighted by atomic mass is 10.9. The van der Waals surface area contributed by atoms with Gasteiger partial charge in [0, 0.05) is 0 Å². The van der Waals surface area contributed by atoms with E-state index >= 15 is 0 Å². The third-order valence-corrected chi connectivity index (χ3v) is 1.53. The van der Waals surface area contributed by atoms with Crippen LogP contribution in [0.2, 0.25) is 0 Å². The van der Waals surface area contributed by atoms with Crippen molar-refractivity contribution in [3.05, 3.63) is 70.0 Å². The van der Waals surface area contributed by atoms with Gasteiger partial charge in [0.2, 0.25) is 0 Å². The van der Waals surface area contributed by atoms with Crippen LogP contribution >= 0.6 is 0 Å². The SMILES string of the molecule is C=COCC.C=COCC.C=COCC.O=c1[nH]c(=O)[nH]c(=O)[nH]1. The van der Waals surface area contributed by atoms with Gasteiger partial charge in [-0.15, -0.1) is 0 Å². The van der Waals surface area contributed by atoms with E-state index in [4.69, 9.17) is 0 Å². The molecule has 24 heavy (non-hydrogen) atoms. The van der Waals surface area contributed by atoms with Crippen molar-refractivity contribution in [2.45, 2.75) is 20.8 Å². The summed E-state index contributed by atoms with van der Waals surface area (Å²) >= 11 is 0. The first-order chi connectivity index (χ1) is 11.4. The molecular formula is C15H27N3O6. The fourth-order valence-corrected chi connectivity index (χ4v) is 0.757. The molecule has 9 heteroatoms. The van der Waals surface area contributed by atoms with E-state index in [1.54, 1.807) is 15.0 Å². The Morgan fingerprint density at radius 2 is 0.875 bits per heavy atom. The van der Waals surface area contributed by atoms with Crippen LogP contribution in [-0.2, 0) is 14.2 Å². The standard InChI is InChI=1S/3C4H8O.C3H3N3O3/c3*1-3-5-4-2;7-1-4-2(8)6-3(9)5-1/h3*3H,1,4H2,2H3;(H3,4,5,6,7,8,9). The van der Waals surface area contributed by atoms with Crippen LogP contribution in [-0.4, -0.2) is 34.8 Å². The van der Waals surface area contributed by atoms with Crippen molar-refractivity contribution < 1.29 is 14.2 Å². The summed E-state index contributed by atoms with van der Waals surface area (Å²) in [5.74, 6) is 0. The molecule has 0 radical (unpaired) electrons. The zero-order chi connectivity index (χ0) is 19.2. The summed E-state index contributed by atoms with van der Waals surface area (Å²) in [5, 5.41) is 0. The van der Waals surface area contributed by atoms with Gasteiger partial charge in [-0.05, 0) is 20.8 Å². The molecule has 0 saturated carbocycles. The Labute approximate surface area is 140 Å². The molecule has 1 rings (SSSR count). The normalized spacial score (nSPS) is 7.62. The van der Waals surface area contributed by atoms with Crippen LogP contribution in [0.3, 0.4) is 0 Å². The third-order valence-electron chi connectivity index (χ3n) is 1.53. The van der Waals surface area contributed by atoms with E-state index in [1.165, 1.54) is 18.8 Å². The van der Waals surface area contributed by atoms with Crippen molar-refractivity contribution in [2.24, 2.45) is 0 Å². The van der Waals surface area contributed by atoms with E-state index in [1.807, 2.05) is 20.8 Å². The highest BCUT2D eigenvalue weighted by Crippen LogP contribution is 1.66. The second-order valence-electron chi connectivity index (χ2n) is 3.23. The summed E-state index contributed by atoms with van der Waals surface area (Å²) in [6, 6.07) is 0. The van der Waals surface area contributed by atoms with E-state index in [-0.39, 0.29) is 0 Å². The number of nitrogens with one attached hydrogen (secondary N) is 3. The fraction of sp³-hybridized carbons (Fsp3) is 0.400. The quantitative estimate of drug-likeness (QED) is 0.666. The average molecular weight is 345 g/mol. The maximum absolute atomic E-state index is 10.2. The minimum absolute atomic E-state index is 0.726. The largest absolute Gasteiger partial charge is 0.502 e. The van der Waals surface area contributed by atoms with Crippen LogP contribution in [0.25, 0.3) is 0 Å². The smallest absolute Gasteiger partial charge is 0.330 e. The Bertz CT molecular complexity index is 471. The van der Waals surface area contributed by atoms with Gasteiger partial charge < -0.3 is 14.2 Å². The van der Waals surface area contributed by atoms with Gasteiger partial charge in [0.25, 0.3) is 0 Å². The van der Waals surface area contributed by atoms with E-state index in [0.29, 0.717) is 0 Å². The van der Waals surface area contributed by atoms with Crippen LogP contribution in [0.15, 0.2) is 52.9 Å². The molecule has 0 atom stereocenters. The Morgan fingerprint density at radius 3 is 0.958 bits per heavy atom. The number of H-pyrrole nitrogens is 3. The Kier molecular flexibility index (Phi) is 24.1. The van der Waals surface area contributed by atoms with Crippen molar-refractivity contribution in [3.63, 3.8) is 0 Å². The minimum atomic E-state index is -0.802. The maximum Gasteiger partial charge on any atom is 0.330 e. The molecule has 0 aliphatic heterocycles. The molecule has 9 nitrogen and oxygen atoms in total. The molecule has 0 aliphatic carbocycles. The van der Waals surface area contributed by atoms with E-state index in [2.05, 4.69) is 33.9 Å². The van der Waals surface area contributed by atoms with Crippen LogP contribution in [0, 0.1) is 0 Å². The molecule has 1 aromatic heterocycles. The molecular weight excluding hydrogens is 318 g/mol. The van der Waals surface area contributed by atoms with Crippen molar-refractivity contribution in [2.75, 3.05) is 19.8 Å². The average Bonchev–Trinajstić information content (AvgIpc) is 2.50. The highest BCUT2D eigenvalue weighted by Gasteiger charge is 1.85. The molecule has 0 aromatic carbocycles. The fourth-order valence-electron chi connectivity index (χ4n) is 0.757. The second-order valence-corrected chi connectivity index (χ2v) is 3.23. The molecule has 0 bridgehead atoms. The number of ether oxygens (including phenoxy) is 3. The predicted molar refractivity (Wildman–Crippen MR) is 93.8 cm³/mol. The van der Waals surface area contributed by atoms with Crippen LogP contribution in [0.1, 0.15) is 20.8 Å². The van der Waals surface area contributed by atoms with Crippen molar-refractivity contribution in [1.29, 1.82) is 0 Å². The zero-order valence-electron chi connectivity index (χ0n) is 14.4. The summed E-state index contributed by atoms with van der Waals surface area (Å²) in [6.07, 6.45) is 4.29. The summed E-state index contributed by atoms with van der Waals surface area (Å²) in [5.41, 5.74) is -2.41. The number of aromatic amines is 3. The summed E-state index contributed by atoms with van der Waals surface area (Å²) < 4.78 is 13.8. The van der Waals surface area contributed by atoms with Gasteiger partial charge in [0.05, 0.1) is 38.6 Å². The lowest BCUT2D eigenvalue weighted by Gasteiger charge is -1.84. The second kappa shape index (κ2) is 22.3. The molecule has 0 aliphatic rings. The molecule has 0 saturated heterocycles. The van der Waals surface area contributed by atoms with E-state index in [9.17, 15) is 14.4 Å². The monoisotopic (exact) mass is 345 g/mol. The van der Waals surface area contributed by atoms with Crippen molar-refractivity contribution >= 4 is 0 Å². The zero-order valence-corrected chi connectivity index (χ0v) is 14.4. The van der Waals surface area contributed by atoms with E-state index < -0.39 is 17.1 Å². The lowest BCUT2D eigenvalue weighted by Crippen LogP contribution is -2.34. The summed E-state index contributed by atoms with van der Waals surface area (Å²) in [4.78, 5) is 35.9. The van der Waals surface area contributed by atoms with Crippen LogP contribution in [0.4, 0.5) is 0 Å². The first kappa shape index (κ1) is 26.0. The van der Waals surface area contributed by atoms with Gasteiger partial charge in [-0.1, -0.05) is 19.7 Å². The molecule has 0 fully saturated rings. The third kappa shape index (κ3) is 27.4. The number of hydrogen-bond acceptors (Lipinski definition) is 6. The molecule has 0 amide bonds. The van der Waals surface area contributed by atoms with Gasteiger partial charge in [0.1, 0.15) is 0 Å². The number of hydrogen-bond donors (Lipinski definition) is 3. The van der Waals surface area contributed by atoms with Crippen LogP contribution in [0.5, 0.6) is 0 Å². The lowest BCUT2D eigenvalue weighted by molar-refractivity contribution is 0.270.